The van der Waals surface area contributed by atoms with Crippen LogP contribution in [0.4, 0.5) is 0 Å². The molecule has 0 radical (unpaired) electrons. The molecular weight excluding hydrogens is 200 g/mol. The zero-order valence-corrected chi connectivity index (χ0v) is 10.8. The number of rotatable bonds is 6. The number of aromatic nitrogens is 1. The van der Waals surface area contributed by atoms with Crippen LogP contribution < -0.4 is 0 Å². The molecule has 0 saturated carbocycles. The van der Waals surface area contributed by atoms with E-state index in [9.17, 15) is 5.11 Å². The highest BCUT2D eigenvalue weighted by Gasteiger charge is 2.12. The summed E-state index contributed by atoms with van der Waals surface area (Å²) < 4.78 is 2.16. The van der Waals surface area contributed by atoms with E-state index in [0.717, 1.165) is 25.1 Å². The van der Waals surface area contributed by atoms with Gasteiger partial charge in [0.05, 0.1) is 6.10 Å². The topological polar surface area (TPSA) is 28.4 Å². The maximum Gasteiger partial charge on any atom is 0.0827 e. The summed E-state index contributed by atoms with van der Waals surface area (Å²) in [5.41, 5.74) is 1.03. The molecule has 1 aromatic rings. The molecule has 1 heterocycles. The van der Waals surface area contributed by atoms with E-state index in [0.29, 0.717) is 0 Å². The first-order valence-electron chi connectivity index (χ1n) is 5.99. The molecule has 1 rings (SSSR count). The Morgan fingerprint density at radius 2 is 2.06 bits per heavy atom. The molecule has 0 saturated heterocycles. The standard InChI is InChI=1S/C13H24N2O/c1-11(2)13(16)12-6-9-15(10-12)8-5-7-14(3)4/h6,9-11,13,16H,5,7-8H2,1-4H3. The van der Waals surface area contributed by atoms with Gasteiger partial charge in [-0.1, -0.05) is 13.8 Å². The second-order valence-electron chi connectivity index (χ2n) is 5.03. The maximum atomic E-state index is 9.90. The summed E-state index contributed by atoms with van der Waals surface area (Å²) in [4.78, 5) is 2.19. The van der Waals surface area contributed by atoms with Crippen LogP contribution in [0.2, 0.25) is 0 Å². The van der Waals surface area contributed by atoms with E-state index in [-0.39, 0.29) is 12.0 Å². The van der Waals surface area contributed by atoms with Gasteiger partial charge in [0.25, 0.3) is 0 Å². The van der Waals surface area contributed by atoms with Crippen LogP contribution in [0, 0.1) is 5.92 Å². The Morgan fingerprint density at radius 1 is 1.38 bits per heavy atom. The van der Waals surface area contributed by atoms with Gasteiger partial charge in [0.2, 0.25) is 0 Å². The monoisotopic (exact) mass is 224 g/mol. The van der Waals surface area contributed by atoms with Gasteiger partial charge in [-0.25, -0.2) is 0 Å². The third-order valence-corrected chi connectivity index (χ3v) is 2.77. The Labute approximate surface area is 98.7 Å². The first-order chi connectivity index (χ1) is 7.50. The van der Waals surface area contributed by atoms with Crippen molar-refractivity contribution in [3.05, 3.63) is 24.0 Å². The van der Waals surface area contributed by atoms with Crippen molar-refractivity contribution in [3.63, 3.8) is 0 Å². The lowest BCUT2D eigenvalue weighted by atomic mass is 10.0. The van der Waals surface area contributed by atoms with Crippen molar-refractivity contribution >= 4 is 0 Å². The lowest BCUT2D eigenvalue weighted by molar-refractivity contribution is 0.127. The van der Waals surface area contributed by atoms with E-state index in [2.05, 4.69) is 36.0 Å². The molecule has 0 amide bonds. The van der Waals surface area contributed by atoms with Gasteiger partial charge in [0.15, 0.2) is 0 Å². The molecule has 3 heteroatoms. The molecule has 0 bridgehead atoms. The van der Waals surface area contributed by atoms with Crippen molar-refractivity contribution in [3.8, 4) is 0 Å². The minimum atomic E-state index is -0.338. The fourth-order valence-corrected chi connectivity index (χ4v) is 1.73. The van der Waals surface area contributed by atoms with Crippen LogP contribution in [0.3, 0.4) is 0 Å². The van der Waals surface area contributed by atoms with E-state index in [4.69, 9.17) is 0 Å². The largest absolute Gasteiger partial charge is 0.388 e. The van der Waals surface area contributed by atoms with E-state index < -0.39 is 0 Å². The number of nitrogens with zero attached hydrogens (tertiary/aromatic N) is 2. The predicted molar refractivity (Wildman–Crippen MR) is 67.4 cm³/mol. The minimum Gasteiger partial charge on any atom is -0.388 e. The molecule has 0 aromatic carbocycles. The number of aliphatic hydroxyl groups excluding tert-OH is 1. The van der Waals surface area contributed by atoms with Crippen LogP contribution in [0.25, 0.3) is 0 Å². The van der Waals surface area contributed by atoms with Crippen LogP contribution in [0.1, 0.15) is 31.9 Å². The van der Waals surface area contributed by atoms with Crippen molar-refractivity contribution < 1.29 is 5.11 Å². The molecule has 0 aliphatic heterocycles. The Balaban J connectivity index is 2.45. The molecule has 92 valence electrons. The number of hydrogen-bond acceptors (Lipinski definition) is 2. The Morgan fingerprint density at radius 3 is 2.62 bits per heavy atom. The average Bonchev–Trinajstić information content (AvgIpc) is 2.64. The van der Waals surface area contributed by atoms with Gasteiger partial charge in [-0.05, 0) is 44.6 Å². The fraction of sp³-hybridized carbons (Fsp3) is 0.692. The first kappa shape index (κ1) is 13.3. The van der Waals surface area contributed by atoms with Crippen LogP contribution >= 0.6 is 0 Å². The average molecular weight is 224 g/mol. The highest BCUT2D eigenvalue weighted by Crippen LogP contribution is 2.21. The van der Waals surface area contributed by atoms with Crippen molar-refractivity contribution in [2.75, 3.05) is 20.6 Å². The van der Waals surface area contributed by atoms with Crippen molar-refractivity contribution in [2.24, 2.45) is 5.92 Å². The summed E-state index contributed by atoms with van der Waals surface area (Å²) in [5.74, 6) is 0.276. The van der Waals surface area contributed by atoms with E-state index in [1.165, 1.54) is 0 Å². The molecule has 0 aliphatic carbocycles. The lowest BCUT2D eigenvalue weighted by Crippen LogP contribution is -2.14. The molecular formula is C13H24N2O. The van der Waals surface area contributed by atoms with Crippen molar-refractivity contribution in [1.29, 1.82) is 0 Å². The highest BCUT2D eigenvalue weighted by molar-refractivity contribution is 5.14. The summed E-state index contributed by atoms with van der Waals surface area (Å²) in [5, 5.41) is 9.90. The SMILES string of the molecule is CC(C)C(O)c1ccn(CCCN(C)C)c1. The highest BCUT2D eigenvalue weighted by atomic mass is 16.3. The Bertz CT molecular complexity index is 305. The number of aliphatic hydroxyl groups is 1. The van der Waals surface area contributed by atoms with E-state index in [1.807, 2.05) is 19.9 Å². The lowest BCUT2D eigenvalue weighted by Gasteiger charge is -2.12. The first-order valence-corrected chi connectivity index (χ1v) is 5.99. The van der Waals surface area contributed by atoms with Crippen LogP contribution in [0.5, 0.6) is 0 Å². The van der Waals surface area contributed by atoms with Crippen LogP contribution in [0.15, 0.2) is 18.5 Å². The number of hydrogen-bond donors (Lipinski definition) is 1. The summed E-state index contributed by atoms with van der Waals surface area (Å²) >= 11 is 0. The van der Waals surface area contributed by atoms with Crippen molar-refractivity contribution in [1.82, 2.24) is 9.47 Å². The quantitative estimate of drug-likeness (QED) is 0.802. The van der Waals surface area contributed by atoms with Crippen molar-refractivity contribution in [2.45, 2.75) is 32.9 Å². The van der Waals surface area contributed by atoms with E-state index >= 15 is 0 Å². The van der Waals surface area contributed by atoms with Gasteiger partial charge in [-0.3, -0.25) is 0 Å². The van der Waals surface area contributed by atoms with Gasteiger partial charge in [0.1, 0.15) is 0 Å². The predicted octanol–water partition coefficient (Wildman–Crippen LogP) is 2.13. The summed E-state index contributed by atoms with van der Waals surface area (Å²) in [7, 11) is 4.17. The third kappa shape index (κ3) is 3.99. The summed E-state index contributed by atoms with van der Waals surface area (Å²) in [6.07, 6.45) is 4.91. The zero-order chi connectivity index (χ0) is 12.1. The zero-order valence-electron chi connectivity index (χ0n) is 10.8. The van der Waals surface area contributed by atoms with Gasteiger partial charge in [-0.15, -0.1) is 0 Å². The van der Waals surface area contributed by atoms with Crippen LogP contribution in [-0.2, 0) is 6.54 Å². The molecule has 0 aliphatic rings. The second-order valence-corrected chi connectivity index (χ2v) is 5.03. The molecule has 1 N–H and O–H groups in total. The molecule has 3 nitrogen and oxygen atoms in total. The van der Waals surface area contributed by atoms with Gasteiger partial charge >= 0.3 is 0 Å². The molecule has 16 heavy (non-hydrogen) atoms. The number of aryl methyl sites for hydroxylation is 1. The molecule has 0 spiro atoms. The van der Waals surface area contributed by atoms with Gasteiger partial charge in [-0.2, -0.15) is 0 Å². The fourth-order valence-electron chi connectivity index (χ4n) is 1.73. The summed E-state index contributed by atoms with van der Waals surface area (Å²) in [6, 6.07) is 2.01. The van der Waals surface area contributed by atoms with Gasteiger partial charge in [0, 0.05) is 18.9 Å². The molecule has 1 atom stereocenters. The normalized spacial score (nSPS) is 13.7. The third-order valence-electron chi connectivity index (χ3n) is 2.77. The smallest absolute Gasteiger partial charge is 0.0827 e. The Kier molecular flexibility index (Phi) is 5.03. The molecule has 1 aromatic heterocycles. The maximum absolute atomic E-state index is 9.90. The Hall–Kier alpha value is -0.800. The minimum absolute atomic E-state index is 0.276. The van der Waals surface area contributed by atoms with Crippen LogP contribution in [-0.4, -0.2) is 35.2 Å². The molecule has 0 fully saturated rings. The summed E-state index contributed by atoms with van der Waals surface area (Å²) in [6.45, 7) is 6.19. The second kappa shape index (κ2) is 6.06. The van der Waals surface area contributed by atoms with Gasteiger partial charge < -0.3 is 14.6 Å². The molecule has 1 unspecified atom stereocenters. The van der Waals surface area contributed by atoms with E-state index in [1.54, 1.807) is 0 Å².